The van der Waals surface area contributed by atoms with Crippen LogP contribution in [0.25, 0.3) is 0 Å². The van der Waals surface area contributed by atoms with Crippen LogP contribution < -0.4 is 0 Å². The quantitative estimate of drug-likeness (QED) is 0.747. The van der Waals surface area contributed by atoms with Crippen molar-refractivity contribution in [3.8, 4) is 0 Å². The van der Waals surface area contributed by atoms with Crippen LogP contribution in [0, 0.1) is 11.8 Å². The first-order valence-corrected chi connectivity index (χ1v) is 6.75. The van der Waals surface area contributed by atoms with Gasteiger partial charge in [0.2, 0.25) is 0 Å². The molecule has 1 aliphatic carbocycles. The molecule has 1 unspecified atom stereocenters. The lowest BCUT2D eigenvalue weighted by Crippen LogP contribution is -2.27. The van der Waals surface area contributed by atoms with E-state index in [-0.39, 0.29) is 12.5 Å². The van der Waals surface area contributed by atoms with Crippen LogP contribution in [0.15, 0.2) is 0 Å². The largest absolute Gasteiger partial charge is 0.411 e. The molecule has 1 rings (SSSR count). The van der Waals surface area contributed by atoms with Gasteiger partial charge < -0.3 is 9.84 Å². The van der Waals surface area contributed by atoms with Gasteiger partial charge in [-0.25, -0.2) is 0 Å². The topological polar surface area (TPSA) is 29.5 Å². The minimum absolute atomic E-state index is 0.0195. The smallest absolute Gasteiger partial charge is 0.393 e. The molecule has 0 aromatic carbocycles. The zero-order chi connectivity index (χ0) is 13.6. The zero-order valence-electron chi connectivity index (χ0n) is 10.9. The lowest BCUT2D eigenvalue weighted by atomic mass is 9.78. The van der Waals surface area contributed by atoms with Crippen LogP contribution in [0.3, 0.4) is 0 Å². The number of hydrogen-bond donors (Lipinski definition) is 1. The van der Waals surface area contributed by atoms with Crippen molar-refractivity contribution < 1.29 is 23.0 Å². The second-order valence-corrected chi connectivity index (χ2v) is 5.21. The van der Waals surface area contributed by atoms with Crippen molar-refractivity contribution in [1.82, 2.24) is 0 Å². The molecule has 1 N–H and O–H groups in total. The lowest BCUT2D eigenvalue weighted by molar-refractivity contribution is -0.175. The van der Waals surface area contributed by atoms with Gasteiger partial charge in [0, 0.05) is 6.61 Å². The van der Waals surface area contributed by atoms with Gasteiger partial charge in [-0.3, -0.25) is 0 Å². The molecule has 0 amide bonds. The molecule has 2 nitrogen and oxygen atoms in total. The summed E-state index contributed by atoms with van der Waals surface area (Å²) in [5, 5.41) is 9.90. The molecule has 0 aromatic rings. The van der Waals surface area contributed by atoms with Crippen LogP contribution in [0.5, 0.6) is 0 Å². The summed E-state index contributed by atoms with van der Waals surface area (Å²) in [6.45, 7) is 0.934. The van der Waals surface area contributed by atoms with Crippen LogP contribution in [-0.4, -0.2) is 30.6 Å². The Balaban J connectivity index is 2.12. The van der Waals surface area contributed by atoms with Crippen LogP contribution in [0.2, 0.25) is 0 Å². The Hall–Kier alpha value is -0.290. The van der Waals surface area contributed by atoms with E-state index in [9.17, 15) is 18.3 Å². The van der Waals surface area contributed by atoms with Crippen molar-refractivity contribution in [2.24, 2.45) is 11.8 Å². The minimum Gasteiger partial charge on any atom is -0.393 e. The van der Waals surface area contributed by atoms with Gasteiger partial charge in [0.25, 0.3) is 0 Å². The average molecular weight is 268 g/mol. The summed E-state index contributed by atoms with van der Waals surface area (Å²) in [4.78, 5) is 0. The van der Waals surface area contributed by atoms with Gasteiger partial charge in [0.15, 0.2) is 0 Å². The highest BCUT2D eigenvalue weighted by Crippen LogP contribution is 2.33. The number of hydrogen-bond acceptors (Lipinski definition) is 2. The van der Waals surface area contributed by atoms with Crippen LogP contribution in [-0.2, 0) is 4.74 Å². The molecule has 1 fully saturated rings. The van der Waals surface area contributed by atoms with Gasteiger partial charge in [0.1, 0.15) is 6.61 Å². The summed E-state index contributed by atoms with van der Waals surface area (Å²) in [7, 11) is 0. The standard InChI is InChI=1S/C13H23F3O2/c1-2-10-3-5-11(6-4-10)12(17)7-8-18-9-13(14,15)16/h10-12,17H,2-9H2,1H3. The van der Waals surface area contributed by atoms with Gasteiger partial charge in [-0.1, -0.05) is 26.2 Å². The number of rotatable bonds is 6. The lowest BCUT2D eigenvalue weighted by Gasteiger charge is -2.31. The van der Waals surface area contributed by atoms with E-state index < -0.39 is 18.9 Å². The number of aliphatic hydroxyl groups is 1. The molecule has 0 heterocycles. The maximum Gasteiger partial charge on any atom is 0.411 e. The Labute approximate surface area is 107 Å². The highest BCUT2D eigenvalue weighted by Gasteiger charge is 2.28. The van der Waals surface area contributed by atoms with Crippen LogP contribution in [0.1, 0.15) is 45.4 Å². The van der Waals surface area contributed by atoms with E-state index in [1.54, 1.807) is 0 Å². The Morgan fingerprint density at radius 1 is 1.22 bits per heavy atom. The molecule has 1 aliphatic rings. The maximum atomic E-state index is 11.8. The SMILES string of the molecule is CCC1CCC(C(O)CCOCC(F)(F)F)CC1. The highest BCUT2D eigenvalue weighted by molar-refractivity contribution is 4.76. The highest BCUT2D eigenvalue weighted by atomic mass is 19.4. The zero-order valence-corrected chi connectivity index (χ0v) is 10.9. The van der Waals surface area contributed by atoms with E-state index in [0.29, 0.717) is 6.42 Å². The maximum absolute atomic E-state index is 11.8. The Kier molecular flexibility index (Phi) is 6.43. The van der Waals surface area contributed by atoms with Crippen LogP contribution in [0.4, 0.5) is 13.2 Å². The number of halogens is 3. The van der Waals surface area contributed by atoms with Gasteiger partial charge in [0.05, 0.1) is 6.10 Å². The fourth-order valence-corrected chi connectivity index (χ4v) is 2.61. The second kappa shape index (κ2) is 7.34. The van der Waals surface area contributed by atoms with E-state index in [1.165, 1.54) is 6.42 Å². The number of aliphatic hydroxyl groups excluding tert-OH is 1. The molecule has 108 valence electrons. The Morgan fingerprint density at radius 2 is 1.83 bits per heavy atom. The molecule has 0 saturated heterocycles. The molecule has 0 aromatic heterocycles. The first-order chi connectivity index (χ1) is 8.42. The first-order valence-electron chi connectivity index (χ1n) is 6.75. The van der Waals surface area contributed by atoms with Gasteiger partial charge in [-0.2, -0.15) is 13.2 Å². The molecule has 1 atom stereocenters. The normalized spacial score (nSPS) is 27.2. The second-order valence-electron chi connectivity index (χ2n) is 5.21. The molecule has 0 radical (unpaired) electrons. The van der Waals surface area contributed by atoms with Crippen molar-refractivity contribution in [3.63, 3.8) is 0 Å². The third kappa shape index (κ3) is 6.05. The monoisotopic (exact) mass is 268 g/mol. The van der Waals surface area contributed by atoms with E-state index in [4.69, 9.17) is 0 Å². The predicted molar refractivity (Wildman–Crippen MR) is 63.2 cm³/mol. The molecular weight excluding hydrogens is 245 g/mol. The van der Waals surface area contributed by atoms with Crippen molar-refractivity contribution in [1.29, 1.82) is 0 Å². The molecule has 18 heavy (non-hydrogen) atoms. The number of alkyl halides is 3. The van der Waals surface area contributed by atoms with Gasteiger partial charge >= 0.3 is 6.18 Å². The molecule has 0 spiro atoms. The third-order valence-corrected chi connectivity index (χ3v) is 3.84. The summed E-state index contributed by atoms with van der Waals surface area (Å²) in [6, 6.07) is 0. The first kappa shape index (κ1) is 15.8. The molecular formula is C13H23F3O2. The van der Waals surface area contributed by atoms with Crippen LogP contribution >= 0.6 is 0 Å². The molecule has 1 saturated carbocycles. The Bertz CT molecular complexity index is 223. The fraction of sp³-hybridized carbons (Fsp3) is 1.00. The third-order valence-electron chi connectivity index (χ3n) is 3.84. The molecule has 0 bridgehead atoms. The molecule has 5 heteroatoms. The van der Waals surface area contributed by atoms with E-state index in [0.717, 1.165) is 31.6 Å². The van der Waals surface area contributed by atoms with E-state index in [2.05, 4.69) is 11.7 Å². The van der Waals surface area contributed by atoms with Crippen molar-refractivity contribution in [2.75, 3.05) is 13.2 Å². The summed E-state index contributed by atoms with van der Waals surface area (Å²) in [6.07, 6.45) is 0.913. The average Bonchev–Trinajstić information content (AvgIpc) is 2.33. The van der Waals surface area contributed by atoms with Crippen molar-refractivity contribution >= 4 is 0 Å². The minimum atomic E-state index is -4.27. The van der Waals surface area contributed by atoms with E-state index in [1.807, 2.05) is 0 Å². The predicted octanol–water partition coefficient (Wildman–Crippen LogP) is 3.53. The molecule has 0 aliphatic heterocycles. The summed E-state index contributed by atoms with van der Waals surface area (Å²) in [5.74, 6) is 0.997. The summed E-state index contributed by atoms with van der Waals surface area (Å²) in [5.41, 5.74) is 0. The summed E-state index contributed by atoms with van der Waals surface area (Å²) >= 11 is 0. The fourth-order valence-electron chi connectivity index (χ4n) is 2.61. The van der Waals surface area contributed by atoms with E-state index >= 15 is 0 Å². The van der Waals surface area contributed by atoms with Gasteiger partial charge in [-0.05, 0) is 31.1 Å². The van der Waals surface area contributed by atoms with Crippen molar-refractivity contribution in [3.05, 3.63) is 0 Å². The van der Waals surface area contributed by atoms with Gasteiger partial charge in [-0.15, -0.1) is 0 Å². The Morgan fingerprint density at radius 3 is 2.33 bits per heavy atom. The number of ether oxygens (including phenoxy) is 1. The summed E-state index contributed by atoms with van der Waals surface area (Å²) < 4.78 is 40.0. The van der Waals surface area contributed by atoms with Crippen molar-refractivity contribution in [2.45, 2.75) is 57.7 Å².